The highest BCUT2D eigenvalue weighted by molar-refractivity contribution is 7.47. The van der Waals surface area contributed by atoms with Gasteiger partial charge in [0, 0.05) is 19.3 Å². The van der Waals surface area contributed by atoms with E-state index in [2.05, 4.69) is 179 Å². The molecule has 0 radical (unpaired) electrons. The highest BCUT2D eigenvalue weighted by atomic mass is 31.2. The number of hydrogen-bond donors (Lipinski definition) is 4. The zero-order valence-corrected chi connectivity index (χ0v) is 58.9. The zero-order chi connectivity index (χ0) is 68.1. The standard InChI is InChI=1S/C75H122O16P2/c1-4-7-10-13-16-19-22-25-27-29-31-33-34-36-38-39-41-44-46-49-52-55-58-61-73(78)85-64-70(76)65-87-92(81,82)88-66-71(77)67-89-93(83,84)90-69-72(91-75(80)63-60-57-54-51-48-43-24-21-18-15-12-9-6-3)68-86-74(79)62-59-56-53-50-47-45-42-40-37-35-32-30-28-26-23-20-17-14-11-8-5-2/h7-8,10-11,16-17,19-21,24-28,31-33,35-36,38,40-42,44,47,50,70-72,76-77H,4-6,9,12-15,18,22-23,29-30,34,37,39,43,45-46,48-49,51-69H2,1-3H3,(H,81,82)(H,83,84)/b10-7-,11-8-,19-16-,20-17-,24-21-,27-25-,28-26-,33-31-,35-32-,38-36-,42-40-,44-41-,50-47-. The largest absolute Gasteiger partial charge is 0.472 e. The fraction of sp³-hybridized carbons (Fsp3) is 0.613. The Kier molecular flexibility index (Phi) is 63.7. The van der Waals surface area contributed by atoms with Gasteiger partial charge in [-0.05, 0) is 148 Å². The number of phosphoric acid groups is 2. The summed E-state index contributed by atoms with van der Waals surface area (Å²) in [5.74, 6) is -1.67. The average Bonchev–Trinajstić information content (AvgIpc) is 3.75. The molecular formula is C75H122O16P2. The van der Waals surface area contributed by atoms with Gasteiger partial charge in [0.25, 0.3) is 0 Å². The number of aliphatic hydroxyl groups is 2. The molecule has 0 fully saturated rings. The first-order chi connectivity index (χ1) is 45.2. The van der Waals surface area contributed by atoms with E-state index in [-0.39, 0.29) is 19.3 Å². The minimum atomic E-state index is -4.94. The molecule has 528 valence electrons. The predicted molar refractivity (Wildman–Crippen MR) is 380 cm³/mol. The molecule has 18 heteroatoms. The van der Waals surface area contributed by atoms with Crippen molar-refractivity contribution < 1.29 is 75.8 Å². The van der Waals surface area contributed by atoms with Gasteiger partial charge in [0.15, 0.2) is 6.10 Å². The van der Waals surface area contributed by atoms with Crippen LogP contribution in [0.3, 0.4) is 0 Å². The van der Waals surface area contributed by atoms with Crippen molar-refractivity contribution in [2.24, 2.45) is 0 Å². The van der Waals surface area contributed by atoms with Crippen LogP contribution in [-0.2, 0) is 55.8 Å². The van der Waals surface area contributed by atoms with Crippen molar-refractivity contribution in [2.45, 2.75) is 257 Å². The second-order valence-corrected chi connectivity index (χ2v) is 25.5. The topological polar surface area (TPSA) is 231 Å². The number of rotatable bonds is 64. The first-order valence-corrected chi connectivity index (χ1v) is 37.8. The third-order valence-corrected chi connectivity index (χ3v) is 15.6. The average molecular weight is 1340 g/mol. The molecular weight excluding hydrogens is 1220 g/mol. The Morgan fingerprint density at radius 2 is 0.570 bits per heavy atom. The van der Waals surface area contributed by atoms with E-state index in [1.807, 2.05) is 0 Å². The number of phosphoric ester groups is 2. The van der Waals surface area contributed by atoms with Crippen LogP contribution in [0.15, 0.2) is 158 Å². The van der Waals surface area contributed by atoms with E-state index >= 15 is 0 Å². The summed E-state index contributed by atoms with van der Waals surface area (Å²) in [6.45, 7) is 2.30. The smallest absolute Gasteiger partial charge is 0.463 e. The molecule has 0 aliphatic carbocycles. The normalized spacial score (nSPS) is 15.1. The monoisotopic (exact) mass is 1340 g/mol. The van der Waals surface area contributed by atoms with Crippen LogP contribution in [0, 0.1) is 0 Å². The number of hydrogen-bond acceptors (Lipinski definition) is 14. The molecule has 16 nitrogen and oxygen atoms in total. The molecule has 0 bridgehead atoms. The second-order valence-electron chi connectivity index (χ2n) is 22.6. The summed E-state index contributed by atoms with van der Waals surface area (Å²) in [4.78, 5) is 58.4. The van der Waals surface area contributed by atoms with Crippen molar-refractivity contribution in [2.75, 3.05) is 39.6 Å². The lowest BCUT2D eigenvalue weighted by molar-refractivity contribution is -0.161. The van der Waals surface area contributed by atoms with Gasteiger partial charge in [-0.25, -0.2) is 9.13 Å². The summed E-state index contributed by atoms with van der Waals surface area (Å²) < 4.78 is 60.8. The SMILES string of the molecule is CC/C=C\C/C=C\C/C=C\C/C=C\C/C=C\C/C=C\CCCCCCC(=O)OCC(O)COP(=O)(O)OCC(O)COP(=O)(O)OCC(COC(=O)CCCC/C=C\C/C=C\C/C=C\C/C=C\C/C=C\C/C=C\CC)OC(=O)CCCCCCC/C=C\CCCCCC. The van der Waals surface area contributed by atoms with Crippen molar-refractivity contribution in [3.05, 3.63) is 158 Å². The Morgan fingerprint density at radius 1 is 0.312 bits per heavy atom. The number of esters is 3. The highest BCUT2D eigenvalue weighted by Gasteiger charge is 2.29. The number of allylic oxidation sites excluding steroid dienone is 26. The van der Waals surface area contributed by atoms with Crippen molar-refractivity contribution in [1.29, 1.82) is 0 Å². The Hall–Kier alpha value is -4.83. The summed E-state index contributed by atoms with van der Waals surface area (Å²) in [6.07, 6.45) is 81.5. The van der Waals surface area contributed by atoms with Gasteiger partial charge in [0.2, 0.25) is 0 Å². The fourth-order valence-corrected chi connectivity index (χ4v) is 10.0. The molecule has 0 aromatic heterocycles. The third kappa shape index (κ3) is 68.4. The van der Waals surface area contributed by atoms with Crippen LogP contribution < -0.4 is 0 Å². The Morgan fingerprint density at radius 3 is 0.935 bits per heavy atom. The molecule has 0 aliphatic heterocycles. The van der Waals surface area contributed by atoms with Gasteiger partial charge in [-0.1, -0.05) is 230 Å². The molecule has 0 saturated carbocycles. The first-order valence-electron chi connectivity index (χ1n) is 34.8. The number of ether oxygens (including phenoxy) is 3. The summed E-state index contributed by atoms with van der Waals surface area (Å²) in [5, 5.41) is 20.6. The van der Waals surface area contributed by atoms with Crippen LogP contribution in [-0.4, -0.2) is 95.9 Å². The molecule has 0 heterocycles. The van der Waals surface area contributed by atoms with E-state index in [9.17, 15) is 43.5 Å². The van der Waals surface area contributed by atoms with Gasteiger partial charge < -0.3 is 34.2 Å². The summed E-state index contributed by atoms with van der Waals surface area (Å²) in [5.41, 5.74) is 0. The van der Waals surface area contributed by atoms with Gasteiger partial charge in [-0.15, -0.1) is 0 Å². The fourth-order valence-electron chi connectivity index (χ4n) is 8.45. The van der Waals surface area contributed by atoms with Crippen molar-refractivity contribution >= 4 is 33.6 Å². The number of carbonyl (C=O) groups excluding carboxylic acids is 3. The van der Waals surface area contributed by atoms with E-state index in [4.69, 9.17) is 32.3 Å². The van der Waals surface area contributed by atoms with Crippen molar-refractivity contribution in [3.8, 4) is 0 Å². The number of aliphatic hydroxyl groups excluding tert-OH is 2. The van der Waals surface area contributed by atoms with E-state index in [0.717, 1.165) is 154 Å². The second kappa shape index (κ2) is 67.2. The molecule has 0 amide bonds. The maximum atomic E-state index is 12.9. The van der Waals surface area contributed by atoms with Gasteiger partial charge in [-0.3, -0.25) is 32.5 Å². The molecule has 0 rings (SSSR count). The minimum Gasteiger partial charge on any atom is -0.463 e. The van der Waals surface area contributed by atoms with Crippen molar-refractivity contribution in [3.63, 3.8) is 0 Å². The molecule has 5 unspecified atom stereocenters. The maximum Gasteiger partial charge on any atom is 0.472 e. The van der Waals surface area contributed by atoms with E-state index < -0.39 is 91.5 Å². The summed E-state index contributed by atoms with van der Waals surface area (Å²) in [7, 11) is -9.81. The molecule has 0 aromatic carbocycles. The molecule has 5 atom stereocenters. The number of carbonyl (C=O) groups is 3. The lowest BCUT2D eigenvalue weighted by atomic mass is 10.1. The van der Waals surface area contributed by atoms with Crippen LogP contribution in [0.4, 0.5) is 0 Å². The lowest BCUT2D eigenvalue weighted by Gasteiger charge is -2.21. The van der Waals surface area contributed by atoms with Crippen molar-refractivity contribution in [1.82, 2.24) is 0 Å². The lowest BCUT2D eigenvalue weighted by Crippen LogP contribution is -2.30. The third-order valence-electron chi connectivity index (χ3n) is 13.7. The van der Waals surface area contributed by atoms with E-state index in [1.54, 1.807) is 0 Å². The molecule has 0 spiro atoms. The predicted octanol–water partition coefficient (Wildman–Crippen LogP) is 19.5. The summed E-state index contributed by atoms with van der Waals surface area (Å²) >= 11 is 0. The quantitative estimate of drug-likeness (QED) is 0.0146. The molecule has 4 N–H and O–H groups in total. The van der Waals surface area contributed by atoms with Gasteiger partial charge >= 0.3 is 33.6 Å². The molecule has 93 heavy (non-hydrogen) atoms. The maximum absolute atomic E-state index is 12.9. The van der Waals surface area contributed by atoms with E-state index in [0.29, 0.717) is 19.3 Å². The Balaban J connectivity index is 4.71. The molecule has 0 aromatic rings. The van der Waals surface area contributed by atoms with Crippen LogP contribution in [0.2, 0.25) is 0 Å². The molecule has 0 saturated heterocycles. The van der Waals surface area contributed by atoms with Crippen LogP contribution in [0.25, 0.3) is 0 Å². The summed E-state index contributed by atoms with van der Waals surface area (Å²) in [6, 6.07) is 0. The van der Waals surface area contributed by atoms with Gasteiger partial charge in [0.1, 0.15) is 25.4 Å². The van der Waals surface area contributed by atoms with Crippen LogP contribution >= 0.6 is 15.6 Å². The van der Waals surface area contributed by atoms with Gasteiger partial charge in [-0.2, -0.15) is 0 Å². The van der Waals surface area contributed by atoms with E-state index in [1.165, 1.54) is 25.7 Å². The molecule has 0 aliphatic rings. The highest BCUT2D eigenvalue weighted by Crippen LogP contribution is 2.45. The number of unbranched alkanes of at least 4 members (excludes halogenated alkanes) is 15. The minimum absolute atomic E-state index is 0.0785. The van der Waals surface area contributed by atoms with Crippen LogP contribution in [0.5, 0.6) is 0 Å². The zero-order valence-electron chi connectivity index (χ0n) is 57.1. The Bertz CT molecular complexity index is 2320. The van der Waals surface area contributed by atoms with Gasteiger partial charge in [0.05, 0.1) is 26.4 Å². The Labute approximate surface area is 561 Å². The first kappa shape index (κ1) is 88.2. The van der Waals surface area contributed by atoms with Crippen LogP contribution in [0.1, 0.15) is 239 Å².